The van der Waals surface area contributed by atoms with Crippen molar-refractivity contribution in [1.29, 1.82) is 0 Å². The van der Waals surface area contributed by atoms with Crippen LogP contribution in [-0.2, 0) is 27.4 Å². The van der Waals surface area contributed by atoms with Gasteiger partial charge in [-0.3, -0.25) is 4.79 Å². The standard InChI is InChI=1S/C31H31NO2.2ClH.Ti/c1-30(2,3)27-21-13-16-24(28(27)33)22-32-29(23-14-7-4-8-15-23)31(34,25-17-9-5-10-18-25)26-19-11-6-12-20-26;;;/h4-22,29,32,34H,1-3H3;2*1H;/q;;;+2/p-2/b24-22-;;;/t29-;;;/m1.../s1. The summed E-state index contributed by atoms with van der Waals surface area (Å²) in [5.41, 5.74) is 2.13. The molecule has 37 heavy (non-hydrogen) atoms. The van der Waals surface area contributed by atoms with Gasteiger partial charge in [-0.05, 0) is 28.2 Å². The van der Waals surface area contributed by atoms with Crippen molar-refractivity contribution in [1.82, 2.24) is 5.32 Å². The zero-order valence-electron chi connectivity index (χ0n) is 21.2. The number of hydrogen-bond donors (Lipinski definition) is 2. The van der Waals surface area contributed by atoms with Crippen molar-refractivity contribution in [3.05, 3.63) is 143 Å². The molecule has 0 saturated heterocycles. The number of nitrogens with one attached hydrogen (secondary N) is 1. The van der Waals surface area contributed by atoms with E-state index < -0.39 is 28.7 Å². The van der Waals surface area contributed by atoms with Crippen LogP contribution in [-0.4, -0.2) is 10.9 Å². The number of ketones is 1. The predicted octanol–water partition coefficient (Wildman–Crippen LogP) is 7.63. The molecule has 0 aliphatic heterocycles. The second-order valence-corrected chi connectivity index (χ2v) is 12.3. The van der Waals surface area contributed by atoms with Gasteiger partial charge in [-0.15, -0.1) is 0 Å². The van der Waals surface area contributed by atoms with Crippen molar-refractivity contribution in [3.8, 4) is 0 Å². The first-order valence-electron chi connectivity index (χ1n) is 12.0. The Labute approximate surface area is 236 Å². The van der Waals surface area contributed by atoms with Gasteiger partial charge in [0.25, 0.3) is 0 Å². The van der Waals surface area contributed by atoms with Crippen LogP contribution in [0.1, 0.15) is 43.5 Å². The topological polar surface area (TPSA) is 49.3 Å². The Morgan fingerprint density at radius 1 is 0.838 bits per heavy atom. The minimum absolute atomic E-state index is 0.00252. The molecule has 0 spiro atoms. The number of halogens is 2. The number of aliphatic hydroxyl groups is 1. The maximum absolute atomic E-state index is 13.2. The Bertz CT molecular complexity index is 1210. The Morgan fingerprint density at radius 3 is 1.76 bits per heavy atom. The van der Waals surface area contributed by atoms with Gasteiger partial charge in [0.2, 0.25) is 0 Å². The summed E-state index contributed by atoms with van der Waals surface area (Å²) in [5, 5.41) is 15.9. The number of carbonyl (C=O) groups is 1. The van der Waals surface area contributed by atoms with E-state index in [9.17, 15) is 9.90 Å². The fraction of sp³-hybridized carbons (Fsp3) is 0.194. The summed E-state index contributed by atoms with van der Waals surface area (Å²) in [7, 11) is 9.78. The van der Waals surface area contributed by atoms with Crippen LogP contribution in [0.15, 0.2) is 127 Å². The third-order valence-corrected chi connectivity index (χ3v) is 6.24. The summed E-state index contributed by atoms with van der Waals surface area (Å²) in [6.45, 7) is 6.12. The third-order valence-electron chi connectivity index (χ3n) is 6.24. The van der Waals surface area contributed by atoms with Gasteiger partial charge in [0, 0.05) is 17.3 Å². The van der Waals surface area contributed by atoms with Gasteiger partial charge in [-0.2, -0.15) is 0 Å². The summed E-state index contributed by atoms with van der Waals surface area (Å²) < 4.78 is 0. The van der Waals surface area contributed by atoms with Crippen LogP contribution in [0.4, 0.5) is 0 Å². The van der Waals surface area contributed by atoms with Crippen LogP contribution in [0.2, 0.25) is 0 Å². The molecule has 2 N–H and O–H groups in total. The summed E-state index contributed by atoms with van der Waals surface area (Å²) in [6.07, 6.45) is 7.36. The number of Topliss-reactive ketones (excluding diaryl/α,β-unsaturated/α-hetero) is 1. The zero-order chi connectivity index (χ0) is 26.9. The molecule has 0 saturated carbocycles. The number of rotatable bonds is 6. The van der Waals surface area contributed by atoms with Crippen LogP contribution in [0.5, 0.6) is 0 Å². The molecule has 0 bridgehead atoms. The monoisotopic (exact) mass is 567 g/mol. The molecule has 0 unspecified atom stereocenters. The van der Waals surface area contributed by atoms with Crippen molar-refractivity contribution in [3.63, 3.8) is 0 Å². The average Bonchev–Trinajstić information content (AvgIpc) is 2.91. The van der Waals surface area contributed by atoms with E-state index in [1.165, 1.54) is 0 Å². The number of benzene rings is 3. The Morgan fingerprint density at radius 2 is 1.30 bits per heavy atom. The molecule has 1 aliphatic carbocycles. The average molecular weight is 568 g/mol. The number of allylic oxidation sites excluding steroid dienone is 5. The SMILES string of the molecule is CC(C)(C)C1=CC=C/C(=C/N[C@H](c2ccccc2)C(O)(c2ccccc2)c2ccccc2)C1=O.[Cl][Ti][Cl]. The normalized spacial score (nSPS) is 15.4. The second kappa shape index (κ2) is 13.4. The van der Waals surface area contributed by atoms with Gasteiger partial charge < -0.3 is 10.4 Å². The van der Waals surface area contributed by atoms with Gasteiger partial charge >= 0.3 is 35.6 Å². The van der Waals surface area contributed by atoms with Gasteiger partial charge in [-0.1, -0.05) is 124 Å². The molecule has 3 aromatic carbocycles. The molecule has 6 heteroatoms. The quantitative estimate of drug-likeness (QED) is 0.238. The summed E-state index contributed by atoms with van der Waals surface area (Å²) in [4.78, 5) is 13.2. The molecule has 1 atom stereocenters. The fourth-order valence-corrected chi connectivity index (χ4v) is 4.42. The van der Waals surface area contributed by atoms with E-state index in [0.717, 1.165) is 22.3 Å². The molecule has 0 radical (unpaired) electrons. The van der Waals surface area contributed by atoms with Crippen molar-refractivity contribution in [2.45, 2.75) is 32.4 Å². The molecule has 3 aromatic rings. The number of hydrogen-bond acceptors (Lipinski definition) is 3. The summed E-state index contributed by atoms with van der Waals surface area (Å²) in [5.74, 6) is -0.00252. The van der Waals surface area contributed by atoms with Crippen LogP contribution in [0, 0.1) is 5.41 Å². The molecule has 0 aromatic heterocycles. The van der Waals surface area contributed by atoms with E-state index in [-0.39, 0.29) is 11.2 Å². The molecule has 0 heterocycles. The molecular formula is C31H31Cl2NO2Ti. The van der Waals surface area contributed by atoms with Gasteiger partial charge in [0.1, 0.15) is 5.60 Å². The molecule has 4 rings (SSSR count). The fourth-order valence-electron chi connectivity index (χ4n) is 4.42. The van der Waals surface area contributed by atoms with Crippen LogP contribution >= 0.6 is 18.6 Å². The van der Waals surface area contributed by atoms with Gasteiger partial charge in [0.15, 0.2) is 5.78 Å². The third kappa shape index (κ3) is 7.13. The molecule has 0 amide bonds. The van der Waals surface area contributed by atoms with E-state index in [1.807, 2.05) is 130 Å². The summed E-state index contributed by atoms with van der Waals surface area (Å²) in [6, 6.07) is 28.6. The Kier molecular flexibility index (Phi) is 10.6. The van der Waals surface area contributed by atoms with Gasteiger partial charge in [0.05, 0.1) is 6.04 Å². The van der Waals surface area contributed by atoms with Gasteiger partial charge in [-0.25, -0.2) is 0 Å². The number of carbonyl (C=O) groups excluding carboxylic acids is 1. The van der Waals surface area contributed by atoms with E-state index in [1.54, 1.807) is 6.20 Å². The second-order valence-electron chi connectivity index (χ2n) is 9.70. The predicted molar refractivity (Wildman–Crippen MR) is 150 cm³/mol. The molecule has 190 valence electrons. The van der Waals surface area contributed by atoms with Crippen LogP contribution < -0.4 is 5.32 Å². The molecule has 1 aliphatic rings. The summed E-state index contributed by atoms with van der Waals surface area (Å²) >= 11 is -0.556. The molecule has 3 nitrogen and oxygen atoms in total. The maximum atomic E-state index is 13.2. The molecular weight excluding hydrogens is 537 g/mol. The van der Waals surface area contributed by atoms with Crippen molar-refractivity contribution in [2.75, 3.05) is 0 Å². The zero-order valence-corrected chi connectivity index (χ0v) is 24.2. The Balaban J connectivity index is 0.00000121. The first-order chi connectivity index (χ1) is 17.7. The van der Waals surface area contributed by atoms with E-state index in [0.29, 0.717) is 5.57 Å². The van der Waals surface area contributed by atoms with E-state index >= 15 is 0 Å². The van der Waals surface area contributed by atoms with Crippen LogP contribution in [0.3, 0.4) is 0 Å². The van der Waals surface area contributed by atoms with Crippen molar-refractivity contribution < 1.29 is 26.9 Å². The Hall–Kier alpha value is -2.40. The van der Waals surface area contributed by atoms with Crippen molar-refractivity contribution in [2.24, 2.45) is 5.41 Å². The van der Waals surface area contributed by atoms with Crippen molar-refractivity contribution >= 4 is 24.4 Å². The minimum atomic E-state index is -1.38. The van der Waals surface area contributed by atoms with E-state index in [2.05, 4.69) is 5.32 Å². The molecule has 0 fully saturated rings. The first kappa shape index (κ1) is 29.2. The van der Waals surface area contributed by atoms with Crippen LogP contribution in [0.25, 0.3) is 0 Å². The van der Waals surface area contributed by atoms with E-state index in [4.69, 9.17) is 18.6 Å². The first-order valence-corrected chi connectivity index (χ1v) is 16.3.